The summed E-state index contributed by atoms with van der Waals surface area (Å²) in [5, 5.41) is 0.976. The van der Waals surface area contributed by atoms with Gasteiger partial charge in [-0.2, -0.15) is 0 Å². The molecule has 20 heavy (non-hydrogen) atoms. The first kappa shape index (κ1) is 13.1. The van der Waals surface area contributed by atoms with Gasteiger partial charge in [-0.1, -0.05) is 39.7 Å². The highest BCUT2D eigenvalue weighted by Gasteiger charge is 2.13. The Morgan fingerprint density at radius 3 is 2.60 bits per heavy atom. The first-order valence-corrected chi connectivity index (χ1v) is 7.19. The van der Waals surface area contributed by atoms with Crippen LogP contribution in [0.4, 0.5) is 0 Å². The van der Waals surface area contributed by atoms with Crippen molar-refractivity contribution < 1.29 is 9.21 Å². The Morgan fingerprint density at radius 1 is 1.10 bits per heavy atom. The van der Waals surface area contributed by atoms with Crippen LogP contribution in [0.15, 0.2) is 57.4 Å². The standard InChI is InChI=1S/C17H13BrO2/c1-11-2-7-16-13(8-11)10-17(20-16)15(19)9-12-3-5-14(18)6-4-12/h2-8,10H,9H2,1H3. The molecule has 0 amide bonds. The first-order chi connectivity index (χ1) is 9.61. The van der Waals surface area contributed by atoms with E-state index in [-0.39, 0.29) is 5.78 Å². The van der Waals surface area contributed by atoms with Crippen LogP contribution in [0.3, 0.4) is 0 Å². The van der Waals surface area contributed by atoms with E-state index >= 15 is 0 Å². The van der Waals surface area contributed by atoms with Gasteiger partial charge in [-0.3, -0.25) is 4.79 Å². The zero-order chi connectivity index (χ0) is 14.1. The fraction of sp³-hybridized carbons (Fsp3) is 0.118. The van der Waals surface area contributed by atoms with Gasteiger partial charge in [0.15, 0.2) is 5.76 Å². The van der Waals surface area contributed by atoms with Crippen LogP contribution in [-0.4, -0.2) is 5.78 Å². The highest BCUT2D eigenvalue weighted by Crippen LogP contribution is 2.22. The second-order valence-electron chi connectivity index (χ2n) is 4.88. The summed E-state index contributed by atoms with van der Waals surface area (Å²) in [5.41, 5.74) is 2.90. The number of Topliss-reactive ketones (excluding diaryl/α,β-unsaturated/α-hetero) is 1. The van der Waals surface area contributed by atoms with Gasteiger partial charge >= 0.3 is 0 Å². The Kier molecular flexibility index (Phi) is 3.45. The molecular formula is C17H13BrO2. The van der Waals surface area contributed by atoms with Crippen LogP contribution in [0, 0.1) is 6.92 Å². The van der Waals surface area contributed by atoms with Crippen LogP contribution in [0.25, 0.3) is 11.0 Å². The van der Waals surface area contributed by atoms with E-state index in [1.54, 1.807) is 0 Å². The molecule has 2 aromatic carbocycles. The predicted molar refractivity (Wildman–Crippen MR) is 83.1 cm³/mol. The number of rotatable bonds is 3. The number of hydrogen-bond donors (Lipinski definition) is 0. The molecule has 0 fully saturated rings. The third-order valence-corrected chi connectivity index (χ3v) is 3.75. The molecule has 1 heterocycles. The smallest absolute Gasteiger partial charge is 0.202 e. The molecular weight excluding hydrogens is 316 g/mol. The molecule has 0 unspecified atom stereocenters. The molecule has 3 heteroatoms. The van der Waals surface area contributed by atoms with Gasteiger partial charge < -0.3 is 4.42 Å². The molecule has 3 rings (SSSR count). The molecule has 0 aliphatic rings. The lowest BCUT2D eigenvalue weighted by atomic mass is 10.1. The van der Waals surface area contributed by atoms with Crippen molar-refractivity contribution in [3.05, 3.63) is 69.9 Å². The van der Waals surface area contributed by atoms with Gasteiger partial charge in [0.2, 0.25) is 5.78 Å². The van der Waals surface area contributed by atoms with Crippen molar-refractivity contribution in [1.82, 2.24) is 0 Å². The third-order valence-electron chi connectivity index (χ3n) is 3.22. The largest absolute Gasteiger partial charge is 0.453 e. The SMILES string of the molecule is Cc1ccc2oc(C(=O)Cc3ccc(Br)cc3)cc2c1. The molecule has 0 saturated carbocycles. The van der Waals surface area contributed by atoms with Crippen LogP contribution in [-0.2, 0) is 6.42 Å². The molecule has 0 atom stereocenters. The number of benzene rings is 2. The molecule has 100 valence electrons. The maximum absolute atomic E-state index is 12.2. The minimum atomic E-state index is 0.00109. The minimum absolute atomic E-state index is 0.00109. The topological polar surface area (TPSA) is 30.2 Å². The van der Waals surface area contributed by atoms with Crippen LogP contribution in [0.5, 0.6) is 0 Å². The number of halogens is 1. The third kappa shape index (κ3) is 2.68. The number of carbonyl (C=O) groups is 1. The Bertz CT molecular complexity index is 769. The molecule has 0 saturated heterocycles. The van der Waals surface area contributed by atoms with Crippen molar-refractivity contribution in [3.63, 3.8) is 0 Å². The second kappa shape index (κ2) is 5.25. The Labute approximate surface area is 125 Å². The average molecular weight is 329 g/mol. The lowest BCUT2D eigenvalue weighted by molar-refractivity contribution is 0.0968. The number of aryl methyl sites for hydroxylation is 1. The van der Waals surface area contributed by atoms with Crippen molar-refractivity contribution in [2.45, 2.75) is 13.3 Å². The van der Waals surface area contributed by atoms with Gasteiger partial charge in [-0.25, -0.2) is 0 Å². The van der Waals surface area contributed by atoms with Gasteiger partial charge in [0.1, 0.15) is 5.58 Å². The van der Waals surface area contributed by atoms with E-state index in [2.05, 4.69) is 15.9 Å². The molecule has 0 N–H and O–H groups in total. The minimum Gasteiger partial charge on any atom is -0.453 e. The van der Waals surface area contributed by atoms with Crippen LogP contribution in [0.1, 0.15) is 21.7 Å². The normalized spacial score (nSPS) is 10.9. The number of fused-ring (bicyclic) bond motifs is 1. The van der Waals surface area contributed by atoms with E-state index in [0.717, 1.165) is 26.6 Å². The molecule has 2 nitrogen and oxygen atoms in total. The van der Waals surface area contributed by atoms with Crippen LogP contribution in [0.2, 0.25) is 0 Å². The number of hydrogen-bond acceptors (Lipinski definition) is 2. The summed E-state index contributed by atoms with van der Waals surface area (Å²) in [4.78, 5) is 12.2. The average Bonchev–Trinajstić information content (AvgIpc) is 2.84. The van der Waals surface area contributed by atoms with E-state index < -0.39 is 0 Å². The fourth-order valence-corrected chi connectivity index (χ4v) is 2.44. The van der Waals surface area contributed by atoms with Crippen LogP contribution < -0.4 is 0 Å². The van der Waals surface area contributed by atoms with E-state index in [4.69, 9.17) is 4.42 Å². The molecule has 0 aliphatic heterocycles. The van der Waals surface area contributed by atoms with Gasteiger partial charge in [-0.05, 0) is 42.8 Å². The Hall–Kier alpha value is -1.87. The van der Waals surface area contributed by atoms with Crippen molar-refractivity contribution >= 4 is 32.7 Å². The zero-order valence-corrected chi connectivity index (χ0v) is 12.6. The van der Waals surface area contributed by atoms with Gasteiger partial charge in [0.25, 0.3) is 0 Å². The van der Waals surface area contributed by atoms with Gasteiger partial charge in [0.05, 0.1) is 0 Å². The lowest BCUT2D eigenvalue weighted by Gasteiger charge is -1.98. The summed E-state index contributed by atoms with van der Waals surface area (Å²) in [6.07, 6.45) is 0.353. The Balaban J connectivity index is 1.86. The second-order valence-corrected chi connectivity index (χ2v) is 5.79. The molecule has 3 aromatic rings. The summed E-state index contributed by atoms with van der Waals surface area (Å²) in [6.45, 7) is 2.02. The maximum atomic E-state index is 12.2. The number of furan rings is 1. The summed E-state index contributed by atoms with van der Waals surface area (Å²) in [5.74, 6) is 0.426. The molecule has 0 bridgehead atoms. The quantitative estimate of drug-likeness (QED) is 0.638. The highest BCUT2D eigenvalue weighted by molar-refractivity contribution is 9.10. The van der Waals surface area contributed by atoms with E-state index in [1.165, 1.54) is 0 Å². The van der Waals surface area contributed by atoms with Gasteiger partial charge in [0, 0.05) is 16.3 Å². The van der Waals surface area contributed by atoms with Gasteiger partial charge in [-0.15, -0.1) is 0 Å². The van der Waals surface area contributed by atoms with Crippen molar-refractivity contribution in [2.75, 3.05) is 0 Å². The summed E-state index contributed by atoms with van der Waals surface area (Å²) >= 11 is 3.38. The van der Waals surface area contributed by atoms with Crippen molar-refractivity contribution in [3.8, 4) is 0 Å². The fourth-order valence-electron chi connectivity index (χ4n) is 2.17. The molecule has 1 aromatic heterocycles. The monoisotopic (exact) mass is 328 g/mol. The first-order valence-electron chi connectivity index (χ1n) is 6.40. The summed E-state index contributed by atoms with van der Waals surface area (Å²) < 4.78 is 6.63. The zero-order valence-electron chi connectivity index (χ0n) is 11.0. The summed E-state index contributed by atoms with van der Waals surface area (Å²) in [7, 11) is 0. The lowest BCUT2D eigenvalue weighted by Crippen LogP contribution is -2.01. The van der Waals surface area contributed by atoms with Crippen molar-refractivity contribution in [1.29, 1.82) is 0 Å². The summed E-state index contributed by atoms with van der Waals surface area (Å²) in [6, 6.07) is 15.5. The van der Waals surface area contributed by atoms with E-state index in [9.17, 15) is 4.79 Å². The van der Waals surface area contributed by atoms with E-state index in [0.29, 0.717) is 12.2 Å². The van der Waals surface area contributed by atoms with Crippen molar-refractivity contribution in [2.24, 2.45) is 0 Å². The van der Waals surface area contributed by atoms with E-state index in [1.807, 2.05) is 55.5 Å². The highest BCUT2D eigenvalue weighted by atomic mass is 79.9. The molecule has 0 spiro atoms. The van der Waals surface area contributed by atoms with Crippen LogP contribution >= 0.6 is 15.9 Å². The number of carbonyl (C=O) groups excluding carboxylic acids is 1. The predicted octanol–water partition coefficient (Wildman–Crippen LogP) is 4.93. The molecule has 0 aliphatic carbocycles. The maximum Gasteiger partial charge on any atom is 0.202 e. The molecule has 0 radical (unpaired) electrons. The number of ketones is 1. The Morgan fingerprint density at radius 2 is 1.85 bits per heavy atom.